The van der Waals surface area contributed by atoms with E-state index in [9.17, 15) is 9.59 Å². The normalized spacial score (nSPS) is 12.0. The fraction of sp³-hybridized carbons (Fsp3) is 0.417. The van der Waals surface area contributed by atoms with E-state index >= 15 is 0 Å². The van der Waals surface area contributed by atoms with Gasteiger partial charge in [0.15, 0.2) is 17.6 Å². The Morgan fingerprint density at radius 1 is 0.968 bits per heavy atom. The van der Waals surface area contributed by atoms with Gasteiger partial charge < -0.3 is 24.3 Å². The monoisotopic (exact) mass is 429 g/mol. The minimum absolute atomic E-state index is 0.0256. The van der Waals surface area contributed by atoms with Gasteiger partial charge in [0, 0.05) is 12.1 Å². The number of carbonyl (C=O) groups excluding carboxylic acids is 2. The van der Waals surface area contributed by atoms with Crippen LogP contribution in [0, 0.1) is 0 Å². The molecule has 0 saturated carbocycles. The van der Waals surface area contributed by atoms with E-state index in [4.69, 9.17) is 18.9 Å². The van der Waals surface area contributed by atoms with Gasteiger partial charge in [-0.25, -0.2) is 4.79 Å². The van der Waals surface area contributed by atoms with Gasteiger partial charge in [-0.1, -0.05) is 39.8 Å². The van der Waals surface area contributed by atoms with Crippen molar-refractivity contribution in [2.24, 2.45) is 0 Å². The highest BCUT2D eigenvalue weighted by atomic mass is 16.5. The van der Waals surface area contributed by atoms with Crippen LogP contribution < -0.4 is 19.5 Å². The molecule has 2 aromatic carbocycles. The van der Waals surface area contributed by atoms with Crippen molar-refractivity contribution in [2.45, 2.75) is 45.6 Å². The molecule has 7 heteroatoms. The molecule has 0 heterocycles. The molecule has 2 rings (SSSR count). The molecule has 31 heavy (non-hydrogen) atoms. The lowest BCUT2D eigenvalue weighted by atomic mass is 9.87. The number of esters is 1. The molecule has 7 nitrogen and oxygen atoms in total. The fourth-order valence-electron chi connectivity index (χ4n) is 2.99. The zero-order valence-corrected chi connectivity index (χ0v) is 19.2. The summed E-state index contributed by atoms with van der Waals surface area (Å²) in [5, 5.41) is 2.76. The third kappa shape index (κ3) is 5.90. The van der Waals surface area contributed by atoms with Gasteiger partial charge in [0.25, 0.3) is 5.91 Å². The average Bonchev–Trinajstić information content (AvgIpc) is 2.76. The van der Waals surface area contributed by atoms with Crippen LogP contribution in [0.4, 0.5) is 5.69 Å². The Kier molecular flexibility index (Phi) is 7.91. The van der Waals surface area contributed by atoms with Crippen LogP contribution in [0.25, 0.3) is 0 Å². The zero-order chi connectivity index (χ0) is 23.2. The van der Waals surface area contributed by atoms with E-state index < -0.39 is 12.1 Å². The first-order valence-electron chi connectivity index (χ1n) is 10.1. The van der Waals surface area contributed by atoms with Crippen LogP contribution in [0.15, 0.2) is 36.4 Å². The van der Waals surface area contributed by atoms with E-state index in [1.54, 1.807) is 0 Å². The van der Waals surface area contributed by atoms with Crippen LogP contribution >= 0.6 is 0 Å². The molecule has 0 aliphatic rings. The molecule has 168 valence electrons. The minimum Gasteiger partial charge on any atom is -0.493 e. The smallest absolute Gasteiger partial charge is 0.340 e. The summed E-state index contributed by atoms with van der Waals surface area (Å²) < 4.78 is 21.3. The Morgan fingerprint density at radius 3 is 2.03 bits per heavy atom. The molecule has 2 aromatic rings. The lowest BCUT2D eigenvalue weighted by molar-refractivity contribution is -0.122. The number of carbonyl (C=O) groups is 2. The van der Waals surface area contributed by atoms with Crippen molar-refractivity contribution in [3.05, 3.63) is 47.5 Å². The molecular formula is C24H31NO6. The number of ether oxygens (including phenoxy) is 4. The Hall–Kier alpha value is -3.22. The van der Waals surface area contributed by atoms with Gasteiger partial charge >= 0.3 is 5.97 Å². The molecule has 0 radical (unpaired) electrons. The number of nitrogens with one attached hydrogen (secondary N) is 1. The van der Waals surface area contributed by atoms with E-state index in [1.165, 1.54) is 39.0 Å². The number of hydrogen-bond donors (Lipinski definition) is 1. The highest BCUT2D eigenvalue weighted by Crippen LogP contribution is 2.34. The van der Waals surface area contributed by atoms with Crippen molar-refractivity contribution in [3.63, 3.8) is 0 Å². The van der Waals surface area contributed by atoms with Gasteiger partial charge in [-0.05, 0) is 29.5 Å². The van der Waals surface area contributed by atoms with Crippen molar-refractivity contribution in [1.82, 2.24) is 0 Å². The van der Waals surface area contributed by atoms with Crippen molar-refractivity contribution in [3.8, 4) is 17.2 Å². The molecule has 0 aliphatic heterocycles. The second-order valence-corrected chi connectivity index (χ2v) is 8.02. The number of methoxy groups -OCH3 is 3. The summed E-state index contributed by atoms with van der Waals surface area (Å²) in [4.78, 5) is 25.2. The van der Waals surface area contributed by atoms with Crippen molar-refractivity contribution >= 4 is 17.6 Å². The van der Waals surface area contributed by atoms with Crippen LogP contribution in [0.2, 0.25) is 0 Å². The first-order valence-corrected chi connectivity index (χ1v) is 10.1. The van der Waals surface area contributed by atoms with Crippen LogP contribution in [0.5, 0.6) is 17.2 Å². The van der Waals surface area contributed by atoms with Crippen LogP contribution in [-0.4, -0.2) is 39.3 Å². The molecule has 1 atom stereocenters. The molecule has 0 spiro atoms. The quantitative estimate of drug-likeness (QED) is 0.618. The number of anilines is 1. The summed E-state index contributed by atoms with van der Waals surface area (Å²) in [6.45, 7) is 8.25. The Labute approximate surface area is 183 Å². The number of rotatable bonds is 8. The van der Waals surface area contributed by atoms with E-state index in [1.807, 2.05) is 31.2 Å². The van der Waals surface area contributed by atoms with Gasteiger partial charge in [0.05, 0.1) is 32.6 Å². The molecule has 0 aliphatic carbocycles. The molecule has 1 amide bonds. The van der Waals surface area contributed by atoms with Crippen molar-refractivity contribution in [2.75, 3.05) is 26.6 Å². The molecule has 0 fully saturated rings. The zero-order valence-electron chi connectivity index (χ0n) is 19.2. The fourth-order valence-corrected chi connectivity index (χ4v) is 2.99. The summed E-state index contributed by atoms with van der Waals surface area (Å²) in [7, 11) is 4.20. The standard InChI is InChI=1S/C24H31NO6/c1-8-19(31-16-11-9-15(10-12-16)24(2,3)4)22(26)25-18-14-21(29-6)20(28-5)13-17(18)23(27)30-7/h9-14,19H,8H2,1-7H3,(H,25,26)/t19-/m1/s1. The van der Waals surface area contributed by atoms with E-state index in [-0.39, 0.29) is 22.6 Å². The Morgan fingerprint density at radius 2 is 1.55 bits per heavy atom. The molecule has 0 bridgehead atoms. The van der Waals surface area contributed by atoms with Crippen LogP contribution in [0.3, 0.4) is 0 Å². The summed E-state index contributed by atoms with van der Waals surface area (Å²) in [6, 6.07) is 10.7. The van der Waals surface area contributed by atoms with Gasteiger partial charge in [-0.3, -0.25) is 4.79 Å². The molecular weight excluding hydrogens is 398 g/mol. The van der Waals surface area contributed by atoms with Gasteiger partial charge in [-0.15, -0.1) is 0 Å². The van der Waals surface area contributed by atoms with Gasteiger partial charge in [0.2, 0.25) is 0 Å². The SMILES string of the molecule is CC[C@@H](Oc1ccc(C(C)(C)C)cc1)C(=O)Nc1cc(OC)c(OC)cc1C(=O)OC. The first kappa shape index (κ1) is 24.1. The summed E-state index contributed by atoms with van der Waals surface area (Å²) in [6.07, 6.45) is -0.313. The Balaban J connectivity index is 2.26. The third-order valence-electron chi connectivity index (χ3n) is 4.85. The third-order valence-corrected chi connectivity index (χ3v) is 4.85. The molecule has 0 saturated heterocycles. The average molecular weight is 430 g/mol. The number of hydrogen-bond acceptors (Lipinski definition) is 6. The predicted molar refractivity (Wildman–Crippen MR) is 119 cm³/mol. The summed E-state index contributed by atoms with van der Waals surface area (Å²) >= 11 is 0. The van der Waals surface area contributed by atoms with Crippen molar-refractivity contribution < 1.29 is 28.5 Å². The van der Waals surface area contributed by atoms with E-state index in [0.717, 1.165) is 0 Å². The lowest BCUT2D eigenvalue weighted by Gasteiger charge is -2.21. The van der Waals surface area contributed by atoms with Gasteiger partial charge in [-0.2, -0.15) is 0 Å². The Bertz CT molecular complexity index is 915. The number of amides is 1. The van der Waals surface area contributed by atoms with Crippen LogP contribution in [-0.2, 0) is 14.9 Å². The largest absolute Gasteiger partial charge is 0.493 e. The maximum absolute atomic E-state index is 12.9. The molecule has 0 aromatic heterocycles. The topological polar surface area (TPSA) is 83.1 Å². The van der Waals surface area contributed by atoms with Gasteiger partial charge in [0.1, 0.15) is 5.75 Å². The minimum atomic E-state index is -0.751. The second kappa shape index (κ2) is 10.2. The van der Waals surface area contributed by atoms with E-state index in [0.29, 0.717) is 23.7 Å². The molecule has 1 N–H and O–H groups in total. The maximum Gasteiger partial charge on any atom is 0.340 e. The highest BCUT2D eigenvalue weighted by molar-refractivity contribution is 6.03. The lowest BCUT2D eigenvalue weighted by Crippen LogP contribution is -2.33. The molecule has 0 unspecified atom stereocenters. The second-order valence-electron chi connectivity index (χ2n) is 8.02. The predicted octanol–water partition coefficient (Wildman–Crippen LogP) is 4.58. The highest BCUT2D eigenvalue weighted by Gasteiger charge is 2.24. The first-order chi connectivity index (χ1) is 14.6. The number of benzene rings is 2. The maximum atomic E-state index is 12.9. The van der Waals surface area contributed by atoms with Crippen LogP contribution in [0.1, 0.15) is 50.0 Å². The van der Waals surface area contributed by atoms with E-state index in [2.05, 4.69) is 26.1 Å². The summed E-state index contributed by atoms with van der Waals surface area (Å²) in [5.74, 6) is 0.318. The summed E-state index contributed by atoms with van der Waals surface area (Å²) in [5.41, 5.74) is 1.60. The van der Waals surface area contributed by atoms with Crippen molar-refractivity contribution in [1.29, 1.82) is 0 Å².